The molecule has 3 nitrogen and oxygen atoms in total. The third-order valence-electron chi connectivity index (χ3n) is 3.97. The number of hydrogen-bond acceptors (Lipinski definition) is 2. The van der Waals surface area contributed by atoms with Crippen molar-refractivity contribution in [3.8, 4) is 0 Å². The molecule has 0 spiro atoms. The first kappa shape index (κ1) is 12.7. The topological polar surface area (TPSA) is 38.0 Å². The summed E-state index contributed by atoms with van der Waals surface area (Å²) in [5, 5.41) is 15.5. The second-order valence-corrected chi connectivity index (χ2v) is 5.39. The minimum absolute atomic E-state index is 0.121. The molecule has 0 fully saturated rings. The molecule has 4 heteroatoms. The van der Waals surface area contributed by atoms with Crippen LogP contribution in [0.25, 0.3) is 0 Å². The van der Waals surface area contributed by atoms with E-state index in [2.05, 4.69) is 23.3 Å². The van der Waals surface area contributed by atoms with Gasteiger partial charge in [0.05, 0.1) is 16.9 Å². The lowest BCUT2D eigenvalue weighted by Gasteiger charge is -2.20. The van der Waals surface area contributed by atoms with Gasteiger partial charge in [-0.1, -0.05) is 35.9 Å². The Balaban J connectivity index is 1.97. The van der Waals surface area contributed by atoms with Crippen LogP contribution >= 0.6 is 11.6 Å². The maximum atomic E-state index is 10.7. The van der Waals surface area contributed by atoms with Crippen molar-refractivity contribution in [3.63, 3.8) is 0 Å². The highest BCUT2D eigenvalue weighted by molar-refractivity contribution is 6.31. The van der Waals surface area contributed by atoms with Gasteiger partial charge in [0.25, 0.3) is 0 Å². The number of nitrogens with zero attached hydrogens (tertiary/aromatic N) is 2. The lowest BCUT2D eigenvalue weighted by Crippen LogP contribution is -2.14. The van der Waals surface area contributed by atoms with Gasteiger partial charge in [0.2, 0.25) is 0 Å². The molecular formula is C15H17ClN2O. The van der Waals surface area contributed by atoms with E-state index in [1.165, 1.54) is 11.1 Å². The van der Waals surface area contributed by atoms with Crippen LogP contribution in [0.5, 0.6) is 0 Å². The van der Waals surface area contributed by atoms with Crippen LogP contribution in [0.4, 0.5) is 0 Å². The highest BCUT2D eigenvalue weighted by Gasteiger charge is 2.32. The highest BCUT2D eigenvalue weighted by Crippen LogP contribution is 2.42. The summed E-state index contributed by atoms with van der Waals surface area (Å²) in [6, 6.07) is 8.33. The lowest BCUT2D eigenvalue weighted by molar-refractivity contribution is 0.134. The van der Waals surface area contributed by atoms with Crippen LogP contribution in [0.15, 0.2) is 30.5 Å². The van der Waals surface area contributed by atoms with Crippen molar-refractivity contribution < 1.29 is 5.11 Å². The van der Waals surface area contributed by atoms with Crippen LogP contribution in [-0.4, -0.2) is 14.9 Å². The first-order chi connectivity index (χ1) is 9.22. The van der Waals surface area contributed by atoms with Crippen molar-refractivity contribution >= 4 is 11.6 Å². The zero-order valence-electron chi connectivity index (χ0n) is 10.9. The first-order valence-corrected chi connectivity index (χ1v) is 7.07. The van der Waals surface area contributed by atoms with Crippen molar-refractivity contribution in [1.29, 1.82) is 0 Å². The largest absolute Gasteiger partial charge is 0.386 e. The molecule has 0 radical (unpaired) electrons. The standard InChI is InChI=1S/C15H17ClN2O/c1-2-18-14(13(16)9-17-18)15(19)12-8-7-10-5-3-4-6-11(10)12/h3-6,9,12,15,19H,2,7-8H2,1H3. The SMILES string of the molecule is CCn1ncc(Cl)c1C(O)C1CCc2ccccc21. The Kier molecular flexibility index (Phi) is 3.33. The molecule has 3 rings (SSSR count). The number of aryl methyl sites for hydroxylation is 2. The Morgan fingerprint density at radius 1 is 1.47 bits per heavy atom. The van der Waals surface area contributed by atoms with Crippen molar-refractivity contribution in [2.45, 2.75) is 38.3 Å². The molecule has 1 aromatic carbocycles. The molecule has 2 aromatic rings. The van der Waals surface area contributed by atoms with Gasteiger partial charge in [-0.05, 0) is 30.9 Å². The number of aliphatic hydroxyl groups excluding tert-OH is 1. The van der Waals surface area contributed by atoms with Gasteiger partial charge in [-0.3, -0.25) is 4.68 Å². The summed E-state index contributed by atoms with van der Waals surface area (Å²) in [4.78, 5) is 0. The fraction of sp³-hybridized carbons (Fsp3) is 0.400. The summed E-state index contributed by atoms with van der Waals surface area (Å²) in [7, 11) is 0. The molecule has 1 aromatic heterocycles. The van der Waals surface area contributed by atoms with Gasteiger partial charge in [0, 0.05) is 12.5 Å². The summed E-state index contributed by atoms with van der Waals surface area (Å²) < 4.78 is 1.79. The molecule has 1 N–H and O–H groups in total. The third-order valence-corrected chi connectivity index (χ3v) is 4.26. The number of hydrogen-bond donors (Lipinski definition) is 1. The Morgan fingerprint density at radius 3 is 3.05 bits per heavy atom. The van der Waals surface area contributed by atoms with Crippen LogP contribution in [-0.2, 0) is 13.0 Å². The summed E-state index contributed by atoms with van der Waals surface area (Å²) in [5.41, 5.74) is 3.33. The molecule has 19 heavy (non-hydrogen) atoms. The van der Waals surface area contributed by atoms with Crippen molar-refractivity contribution in [1.82, 2.24) is 9.78 Å². The fourth-order valence-electron chi connectivity index (χ4n) is 3.03. The molecule has 100 valence electrons. The van der Waals surface area contributed by atoms with E-state index in [9.17, 15) is 5.11 Å². The van der Waals surface area contributed by atoms with E-state index >= 15 is 0 Å². The monoisotopic (exact) mass is 276 g/mol. The van der Waals surface area contributed by atoms with Gasteiger partial charge < -0.3 is 5.11 Å². The predicted octanol–water partition coefficient (Wildman–Crippen LogP) is 3.32. The molecule has 2 unspecified atom stereocenters. The van der Waals surface area contributed by atoms with E-state index < -0.39 is 6.10 Å². The first-order valence-electron chi connectivity index (χ1n) is 6.69. The summed E-state index contributed by atoms with van der Waals surface area (Å²) in [6.45, 7) is 2.72. The second kappa shape index (κ2) is 4.99. The van der Waals surface area contributed by atoms with Crippen molar-refractivity contribution in [2.24, 2.45) is 0 Å². The minimum Gasteiger partial charge on any atom is -0.386 e. The van der Waals surface area contributed by atoms with Gasteiger partial charge in [-0.2, -0.15) is 5.10 Å². The van der Waals surface area contributed by atoms with Gasteiger partial charge >= 0.3 is 0 Å². The van der Waals surface area contributed by atoms with Crippen LogP contribution in [0, 0.1) is 0 Å². The average molecular weight is 277 g/mol. The highest BCUT2D eigenvalue weighted by atomic mass is 35.5. The van der Waals surface area contributed by atoms with E-state index in [1.807, 2.05) is 13.0 Å². The van der Waals surface area contributed by atoms with Gasteiger partial charge in [-0.15, -0.1) is 0 Å². The van der Waals surface area contributed by atoms with Gasteiger partial charge in [0.1, 0.15) is 6.10 Å². The Hall–Kier alpha value is -1.32. The molecule has 1 aliphatic rings. The van der Waals surface area contributed by atoms with Crippen LogP contribution in [0.2, 0.25) is 5.02 Å². The van der Waals surface area contributed by atoms with E-state index in [1.54, 1.807) is 10.9 Å². The Bertz CT molecular complexity index is 594. The summed E-state index contributed by atoms with van der Waals surface area (Å²) >= 11 is 6.18. The molecule has 0 saturated heterocycles. The summed E-state index contributed by atoms with van der Waals surface area (Å²) in [5.74, 6) is 0.121. The van der Waals surface area contributed by atoms with Crippen molar-refractivity contribution in [3.05, 3.63) is 52.3 Å². The van der Waals surface area contributed by atoms with E-state index in [0.717, 1.165) is 18.5 Å². The zero-order valence-corrected chi connectivity index (χ0v) is 11.6. The number of aromatic nitrogens is 2. The molecule has 0 aliphatic heterocycles. The summed E-state index contributed by atoms with van der Waals surface area (Å²) in [6.07, 6.45) is 3.02. The third kappa shape index (κ3) is 2.07. The fourth-order valence-corrected chi connectivity index (χ4v) is 3.28. The number of halogens is 1. The quantitative estimate of drug-likeness (QED) is 0.934. The maximum absolute atomic E-state index is 10.7. The number of aliphatic hydroxyl groups is 1. The average Bonchev–Trinajstić information content (AvgIpc) is 3.01. The molecule has 2 atom stereocenters. The minimum atomic E-state index is -0.585. The van der Waals surface area contributed by atoms with Gasteiger partial charge in [-0.25, -0.2) is 0 Å². The maximum Gasteiger partial charge on any atom is 0.104 e. The van der Waals surface area contributed by atoms with Crippen LogP contribution in [0.3, 0.4) is 0 Å². The Morgan fingerprint density at radius 2 is 2.26 bits per heavy atom. The molecule has 0 bridgehead atoms. The van der Waals surface area contributed by atoms with E-state index in [-0.39, 0.29) is 5.92 Å². The normalized spacial score (nSPS) is 19.4. The Labute approximate surface area is 117 Å². The predicted molar refractivity (Wildman–Crippen MR) is 75.4 cm³/mol. The van der Waals surface area contributed by atoms with Gasteiger partial charge in [0.15, 0.2) is 0 Å². The number of rotatable bonds is 3. The molecule has 1 aliphatic carbocycles. The van der Waals surface area contributed by atoms with Crippen LogP contribution in [0.1, 0.15) is 42.2 Å². The second-order valence-electron chi connectivity index (χ2n) is 4.98. The number of benzene rings is 1. The van der Waals surface area contributed by atoms with E-state index in [4.69, 9.17) is 11.6 Å². The van der Waals surface area contributed by atoms with E-state index in [0.29, 0.717) is 11.6 Å². The smallest absolute Gasteiger partial charge is 0.104 e. The number of fused-ring (bicyclic) bond motifs is 1. The van der Waals surface area contributed by atoms with Crippen LogP contribution < -0.4 is 0 Å². The lowest BCUT2D eigenvalue weighted by atomic mass is 9.93. The molecule has 0 amide bonds. The molecule has 1 heterocycles. The molecular weight excluding hydrogens is 260 g/mol. The molecule has 0 saturated carbocycles. The van der Waals surface area contributed by atoms with Crippen molar-refractivity contribution in [2.75, 3.05) is 0 Å². The zero-order chi connectivity index (χ0) is 13.4.